The van der Waals surface area contributed by atoms with Crippen molar-refractivity contribution < 1.29 is 9.90 Å². The first-order chi connectivity index (χ1) is 7.22. The Hall–Kier alpha value is -1.76. The van der Waals surface area contributed by atoms with Crippen molar-refractivity contribution in [1.29, 1.82) is 0 Å². The number of aliphatic carboxylic acids is 1. The van der Waals surface area contributed by atoms with E-state index in [0.29, 0.717) is 5.92 Å². The zero-order valence-corrected chi connectivity index (χ0v) is 8.53. The second kappa shape index (κ2) is 3.77. The summed E-state index contributed by atoms with van der Waals surface area (Å²) < 4.78 is 1.91. The molecule has 0 amide bonds. The second-order valence-electron chi connectivity index (χ2n) is 3.59. The molecular formula is C11H12N2O2. The molecule has 2 rings (SSSR count). The van der Waals surface area contributed by atoms with Crippen molar-refractivity contribution in [3.63, 3.8) is 0 Å². The number of rotatable bonds is 2. The lowest BCUT2D eigenvalue weighted by molar-refractivity contribution is -0.130. The predicted octanol–water partition coefficient (Wildman–Crippen LogP) is 1.22. The van der Waals surface area contributed by atoms with Gasteiger partial charge in [0.15, 0.2) is 0 Å². The fourth-order valence-electron chi connectivity index (χ4n) is 1.65. The van der Waals surface area contributed by atoms with Crippen LogP contribution in [0.25, 0.3) is 0 Å². The molecule has 1 saturated carbocycles. The van der Waals surface area contributed by atoms with Gasteiger partial charge in [-0.15, -0.1) is 0 Å². The van der Waals surface area contributed by atoms with E-state index in [-0.39, 0.29) is 0 Å². The van der Waals surface area contributed by atoms with Crippen molar-refractivity contribution in [3.8, 4) is 11.8 Å². The molecule has 1 aliphatic carbocycles. The van der Waals surface area contributed by atoms with E-state index < -0.39 is 5.97 Å². The lowest BCUT2D eigenvalue weighted by Crippen LogP contribution is -2.02. The van der Waals surface area contributed by atoms with Crippen LogP contribution in [0, 0.1) is 11.8 Å². The Morgan fingerprint density at radius 1 is 1.73 bits per heavy atom. The fraction of sp³-hybridized carbons (Fsp3) is 0.455. The highest BCUT2D eigenvalue weighted by molar-refractivity contribution is 5.87. The highest BCUT2D eigenvalue weighted by Gasteiger charge is 2.29. The van der Waals surface area contributed by atoms with Crippen LogP contribution in [0.1, 0.15) is 36.9 Å². The van der Waals surface area contributed by atoms with Gasteiger partial charge < -0.3 is 5.11 Å². The first-order valence-electron chi connectivity index (χ1n) is 5.03. The minimum absolute atomic E-state index is 0.533. The minimum Gasteiger partial charge on any atom is -0.472 e. The molecule has 0 spiro atoms. The van der Waals surface area contributed by atoms with Gasteiger partial charge in [-0.1, -0.05) is 5.92 Å². The minimum atomic E-state index is -1.10. The SMILES string of the molecule is CCn1ncc(C#CC(=O)O)c1C1CC1. The van der Waals surface area contributed by atoms with Crippen LogP contribution in [0.2, 0.25) is 0 Å². The molecule has 15 heavy (non-hydrogen) atoms. The van der Waals surface area contributed by atoms with Gasteiger partial charge >= 0.3 is 5.97 Å². The summed E-state index contributed by atoms with van der Waals surface area (Å²) in [6.07, 6.45) is 3.98. The van der Waals surface area contributed by atoms with Crippen molar-refractivity contribution in [2.75, 3.05) is 0 Å². The average molecular weight is 204 g/mol. The van der Waals surface area contributed by atoms with Crippen molar-refractivity contribution in [1.82, 2.24) is 9.78 Å². The summed E-state index contributed by atoms with van der Waals surface area (Å²) >= 11 is 0. The summed E-state index contributed by atoms with van der Waals surface area (Å²) in [6.45, 7) is 2.83. The summed E-state index contributed by atoms with van der Waals surface area (Å²) in [5.41, 5.74) is 1.87. The van der Waals surface area contributed by atoms with E-state index in [4.69, 9.17) is 5.11 Å². The molecular weight excluding hydrogens is 192 g/mol. The lowest BCUT2D eigenvalue weighted by atomic mass is 10.2. The molecule has 78 valence electrons. The molecule has 1 heterocycles. The van der Waals surface area contributed by atoms with Gasteiger partial charge in [0.25, 0.3) is 0 Å². The number of aryl methyl sites for hydroxylation is 1. The summed E-state index contributed by atoms with van der Waals surface area (Å²) in [4.78, 5) is 10.3. The fourth-order valence-corrected chi connectivity index (χ4v) is 1.65. The van der Waals surface area contributed by atoms with Crippen molar-refractivity contribution in [2.24, 2.45) is 0 Å². The Labute approximate surface area is 87.9 Å². The Morgan fingerprint density at radius 2 is 2.47 bits per heavy atom. The average Bonchev–Trinajstić information content (AvgIpc) is 2.96. The van der Waals surface area contributed by atoms with Gasteiger partial charge in [0.1, 0.15) is 0 Å². The molecule has 1 aromatic heterocycles. The number of hydrogen-bond donors (Lipinski definition) is 1. The van der Waals surface area contributed by atoms with E-state index >= 15 is 0 Å². The van der Waals surface area contributed by atoms with Crippen molar-refractivity contribution >= 4 is 5.97 Å². The first kappa shape index (κ1) is 9.78. The highest BCUT2D eigenvalue weighted by Crippen LogP contribution is 2.41. The van der Waals surface area contributed by atoms with E-state index in [1.54, 1.807) is 6.20 Å². The summed E-state index contributed by atoms with van der Waals surface area (Å²) in [5, 5.41) is 12.7. The molecule has 1 aromatic rings. The Morgan fingerprint density at radius 3 is 3.00 bits per heavy atom. The number of hydrogen-bond acceptors (Lipinski definition) is 2. The van der Waals surface area contributed by atoms with Crippen LogP contribution in [0.15, 0.2) is 6.20 Å². The van der Waals surface area contributed by atoms with Crippen molar-refractivity contribution in [2.45, 2.75) is 32.2 Å². The van der Waals surface area contributed by atoms with Crippen LogP contribution in [-0.2, 0) is 11.3 Å². The smallest absolute Gasteiger partial charge is 0.382 e. The molecule has 0 saturated heterocycles. The molecule has 0 radical (unpaired) electrons. The molecule has 4 nitrogen and oxygen atoms in total. The third-order valence-corrected chi connectivity index (χ3v) is 2.45. The van der Waals surface area contributed by atoms with E-state index in [1.807, 2.05) is 11.6 Å². The van der Waals surface area contributed by atoms with Crippen LogP contribution < -0.4 is 0 Å². The molecule has 0 aliphatic heterocycles. The topological polar surface area (TPSA) is 55.1 Å². The molecule has 1 aliphatic rings. The summed E-state index contributed by atoms with van der Waals surface area (Å²) in [7, 11) is 0. The maximum atomic E-state index is 10.3. The van der Waals surface area contributed by atoms with E-state index in [2.05, 4.69) is 16.9 Å². The molecule has 1 fully saturated rings. The molecule has 0 unspecified atom stereocenters. The molecule has 0 atom stereocenters. The normalized spacial score (nSPS) is 14.5. The van der Waals surface area contributed by atoms with Gasteiger partial charge in [0.05, 0.1) is 17.5 Å². The van der Waals surface area contributed by atoms with Gasteiger partial charge in [0.2, 0.25) is 0 Å². The zero-order chi connectivity index (χ0) is 10.8. The largest absolute Gasteiger partial charge is 0.472 e. The number of aromatic nitrogens is 2. The number of carboxylic acids is 1. The van der Waals surface area contributed by atoms with E-state index in [0.717, 1.165) is 30.6 Å². The number of carboxylic acid groups (broad SMARTS) is 1. The molecule has 0 bridgehead atoms. The standard InChI is InChI=1S/C11H12N2O2/c1-2-13-11(8-3-4-8)9(7-12-13)5-6-10(14)15/h7-8H,2-4H2,1H3,(H,14,15). The lowest BCUT2D eigenvalue weighted by Gasteiger charge is -2.02. The molecule has 0 aromatic carbocycles. The molecule has 4 heteroatoms. The van der Waals surface area contributed by atoms with E-state index in [1.165, 1.54) is 0 Å². The number of carbonyl (C=O) groups is 1. The molecule has 1 N–H and O–H groups in total. The van der Waals surface area contributed by atoms with E-state index in [9.17, 15) is 4.79 Å². The Kier molecular flexibility index (Phi) is 2.46. The number of nitrogens with zero attached hydrogens (tertiary/aromatic N) is 2. The predicted molar refractivity (Wildman–Crippen MR) is 54.4 cm³/mol. The highest BCUT2D eigenvalue weighted by atomic mass is 16.4. The third-order valence-electron chi connectivity index (χ3n) is 2.45. The van der Waals surface area contributed by atoms with Gasteiger partial charge in [-0.25, -0.2) is 4.79 Å². The maximum absolute atomic E-state index is 10.3. The van der Waals surface area contributed by atoms with Crippen LogP contribution >= 0.6 is 0 Å². The Bertz CT molecular complexity index is 447. The third kappa shape index (κ3) is 2.01. The van der Waals surface area contributed by atoms with Crippen LogP contribution in [0.3, 0.4) is 0 Å². The summed E-state index contributed by atoms with van der Waals surface area (Å²) in [5.74, 6) is 4.23. The Balaban J connectivity index is 2.35. The van der Waals surface area contributed by atoms with Gasteiger partial charge in [-0.3, -0.25) is 4.68 Å². The van der Waals surface area contributed by atoms with Gasteiger partial charge in [0, 0.05) is 18.4 Å². The van der Waals surface area contributed by atoms with Crippen LogP contribution in [0.4, 0.5) is 0 Å². The van der Waals surface area contributed by atoms with Crippen molar-refractivity contribution in [3.05, 3.63) is 17.5 Å². The first-order valence-corrected chi connectivity index (χ1v) is 5.03. The quantitative estimate of drug-likeness (QED) is 0.737. The maximum Gasteiger partial charge on any atom is 0.382 e. The van der Waals surface area contributed by atoms with Crippen LogP contribution in [0.5, 0.6) is 0 Å². The monoisotopic (exact) mass is 204 g/mol. The second-order valence-corrected chi connectivity index (χ2v) is 3.59. The van der Waals surface area contributed by atoms with Gasteiger partial charge in [-0.2, -0.15) is 5.10 Å². The summed E-state index contributed by atoms with van der Waals surface area (Å²) in [6, 6.07) is 0. The van der Waals surface area contributed by atoms with Crippen LogP contribution in [-0.4, -0.2) is 20.9 Å². The van der Waals surface area contributed by atoms with Gasteiger partial charge in [-0.05, 0) is 19.8 Å². The zero-order valence-electron chi connectivity index (χ0n) is 8.53.